The summed E-state index contributed by atoms with van der Waals surface area (Å²) in [4.78, 5) is 31.5. The number of halogens is 4. The van der Waals surface area contributed by atoms with Gasteiger partial charge in [-0.3, -0.25) is 9.59 Å². The van der Waals surface area contributed by atoms with Crippen molar-refractivity contribution in [3.05, 3.63) is 75.7 Å². The van der Waals surface area contributed by atoms with E-state index in [1.54, 1.807) is 12.1 Å². The van der Waals surface area contributed by atoms with Crippen LogP contribution in [0.5, 0.6) is 0 Å². The van der Waals surface area contributed by atoms with Crippen LogP contribution >= 0.6 is 23.4 Å². The second-order valence-electron chi connectivity index (χ2n) is 6.52. The molecule has 0 aliphatic heterocycles. The highest BCUT2D eigenvalue weighted by molar-refractivity contribution is 7.99. The molecule has 0 radical (unpaired) electrons. The van der Waals surface area contributed by atoms with E-state index < -0.39 is 28.9 Å². The van der Waals surface area contributed by atoms with Crippen LogP contribution in [-0.2, 0) is 11.0 Å². The normalized spacial score (nSPS) is 11.6. The quantitative estimate of drug-likeness (QED) is 0.324. The zero-order chi connectivity index (χ0) is 22.9. The third-order valence-corrected chi connectivity index (χ3v) is 5.43. The average Bonchev–Trinajstić information content (AvgIpc) is 3.18. The van der Waals surface area contributed by atoms with Crippen LogP contribution in [0.4, 0.5) is 18.9 Å². The molecule has 4 aromatic rings. The smallest absolute Gasteiger partial charge is 0.325 e. The summed E-state index contributed by atoms with van der Waals surface area (Å²) in [6.45, 7) is 0. The minimum atomic E-state index is -4.69. The first-order valence-electron chi connectivity index (χ1n) is 9.05. The van der Waals surface area contributed by atoms with Crippen LogP contribution < -0.4 is 10.9 Å². The van der Waals surface area contributed by atoms with Gasteiger partial charge in [-0.1, -0.05) is 41.6 Å². The molecule has 1 amide bonds. The molecule has 0 unspecified atom stereocenters. The molecule has 7 nitrogen and oxygen atoms in total. The number of carbonyl (C=O) groups excluding carboxylic acids is 1. The van der Waals surface area contributed by atoms with E-state index in [0.717, 1.165) is 23.9 Å². The third kappa shape index (κ3) is 4.63. The summed E-state index contributed by atoms with van der Waals surface area (Å²) in [5.41, 5.74) is -0.927. The van der Waals surface area contributed by atoms with Crippen LogP contribution in [0.25, 0.3) is 16.7 Å². The van der Waals surface area contributed by atoms with Gasteiger partial charge in [-0.2, -0.15) is 18.3 Å². The number of carbonyl (C=O) groups is 1. The summed E-state index contributed by atoms with van der Waals surface area (Å²) >= 11 is 6.52. The Kier molecular flexibility index (Phi) is 5.94. The Morgan fingerprint density at radius 3 is 2.66 bits per heavy atom. The van der Waals surface area contributed by atoms with E-state index in [-0.39, 0.29) is 21.3 Å². The number of H-pyrrole nitrogens is 1. The van der Waals surface area contributed by atoms with Crippen molar-refractivity contribution in [1.82, 2.24) is 19.7 Å². The fraction of sp³-hybridized carbons (Fsp3) is 0.100. The summed E-state index contributed by atoms with van der Waals surface area (Å²) in [5.74, 6) is -0.990. The topological polar surface area (TPSA) is 92.7 Å². The predicted molar refractivity (Wildman–Crippen MR) is 115 cm³/mol. The minimum absolute atomic E-state index is 0.102. The number of hydrogen-bond acceptors (Lipinski definition) is 5. The highest BCUT2D eigenvalue weighted by atomic mass is 35.5. The number of aromatic nitrogens is 4. The lowest BCUT2D eigenvalue weighted by Crippen LogP contribution is -2.18. The zero-order valence-corrected chi connectivity index (χ0v) is 17.6. The van der Waals surface area contributed by atoms with Gasteiger partial charge in [0.25, 0.3) is 5.56 Å². The molecule has 12 heteroatoms. The number of nitrogens with zero attached hydrogens (tertiary/aromatic N) is 3. The molecule has 2 N–H and O–H groups in total. The molecule has 2 heterocycles. The van der Waals surface area contributed by atoms with E-state index in [1.165, 1.54) is 16.9 Å². The number of anilines is 1. The SMILES string of the molecule is O=C(CSc1nc2c(cnn2-c2ccccc2)c(=O)[nH]1)Nc1ccc(Cl)cc1C(F)(F)F. The highest BCUT2D eigenvalue weighted by Crippen LogP contribution is 2.36. The first-order chi connectivity index (χ1) is 15.2. The molecule has 2 aromatic heterocycles. The number of nitrogens with one attached hydrogen (secondary N) is 2. The van der Waals surface area contributed by atoms with Crippen LogP contribution in [0.15, 0.2) is 64.7 Å². The molecule has 0 aliphatic rings. The number of para-hydroxylation sites is 1. The van der Waals surface area contributed by atoms with Gasteiger partial charge in [-0.15, -0.1) is 0 Å². The number of aromatic amines is 1. The summed E-state index contributed by atoms with van der Waals surface area (Å²) in [6.07, 6.45) is -3.30. The maximum absolute atomic E-state index is 13.2. The molecule has 0 bridgehead atoms. The Bertz CT molecular complexity index is 1360. The maximum atomic E-state index is 13.2. The molecular formula is C20H13ClF3N5O2S. The van der Waals surface area contributed by atoms with Gasteiger partial charge in [0.1, 0.15) is 5.39 Å². The van der Waals surface area contributed by atoms with E-state index in [9.17, 15) is 22.8 Å². The maximum Gasteiger partial charge on any atom is 0.418 e. The van der Waals surface area contributed by atoms with E-state index in [4.69, 9.17) is 11.6 Å². The Balaban J connectivity index is 1.54. The standard InChI is InChI=1S/C20H13ClF3N5O2S/c21-11-6-7-15(14(8-11)20(22,23)24)26-16(30)10-32-19-27-17-13(18(31)28-19)9-25-29(17)12-4-2-1-3-5-12/h1-9H,10H2,(H,26,30)(H,27,28,31). The van der Waals surface area contributed by atoms with Crippen LogP contribution in [0, 0.1) is 0 Å². The van der Waals surface area contributed by atoms with Gasteiger partial charge in [0.2, 0.25) is 5.91 Å². The van der Waals surface area contributed by atoms with E-state index >= 15 is 0 Å². The van der Waals surface area contributed by atoms with Gasteiger partial charge < -0.3 is 10.3 Å². The molecule has 0 saturated carbocycles. The zero-order valence-electron chi connectivity index (χ0n) is 16.0. The number of amides is 1. The Morgan fingerprint density at radius 1 is 1.19 bits per heavy atom. The lowest BCUT2D eigenvalue weighted by atomic mass is 10.1. The van der Waals surface area contributed by atoms with Gasteiger partial charge in [0.15, 0.2) is 10.8 Å². The van der Waals surface area contributed by atoms with Crippen LogP contribution in [-0.4, -0.2) is 31.4 Å². The predicted octanol–water partition coefficient (Wildman–Crippen LogP) is 4.51. The minimum Gasteiger partial charge on any atom is -0.325 e. The van der Waals surface area contributed by atoms with Gasteiger partial charge in [-0.05, 0) is 30.3 Å². The largest absolute Gasteiger partial charge is 0.418 e. The number of fused-ring (bicyclic) bond motifs is 1. The molecule has 0 saturated heterocycles. The van der Waals surface area contributed by atoms with Crippen molar-refractivity contribution in [2.24, 2.45) is 0 Å². The second-order valence-corrected chi connectivity index (χ2v) is 7.93. The lowest BCUT2D eigenvalue weighted by molar-refractivity contribution is -0.137. The molecular weight excluding hydrogens is 467 g/mol. The van der Waals surface area contributed by atoms with Crippen molar-refractivity contribution in [2.75, 3.05) is 11.1 Å². The second kappa shape index (κ2) is 8.67. The average molecular weight is 480 g/mol. The van der Waals surface area contributed by atoms with Crippen molar-refractivity contribution in [3.8, 4) is 5.69 Å². The monoisotopic (exact) mass is 479 g/mol. The van der Waals surface area contributed by atoms with Crippen molar-refractivity contribution in [3.63, 3.8) is 0 Å². The molecule has 32 heavy (non-hydrogen) atoms. The van der Waals surface area contributed by atoms with E-state index in [2.05, 4.69) is 20.4 Å². The fourth-order valence-electron chi connectivity index (χ4n) is 2.91. The lowest BCUT2D eigenvalue weighted by Gasteiger charge is -2.14. The molecule has 0 atom stereocenters. The molecule has 0 fully saturated rings. The number of alkyl halides is 3. The molecule has 2 aromatic carbocycles. The number of hydrogen-bond donors (Lipinski definition) is 2. The van der Waals surface area contributed by atoms with Gasteiger partial charge in [0.05, 0.1) is 28.9 Å². The molecule has 4 rings (SSSR count). The number of benzene rings is 2. The van der Waals surface area contributed by atoms with Crippen LogP contribution in [0.1, 0.15) is 5.56 Å². The van der Waals surface area contributed by atoms with Crippen LogP contribution in [0.2, 0.25) is 5.02 Å². The first kappa shape index (κ1) is 21.9. The summed E-state index contributed by atoms with van der Waals surface area (Å²) < 4.78 is 41.1. The Labute approximate surface area is 187 Å². The van der Waals surface area contributed by atoms with Gasteiger partial charge in [-0.25, -0.2) is 9.67 Å². The van der Waals surface area contributed by atoms with Crippen LogP contribution in [0.3, 0.4) is 0 Å². The molecule has 0 aliphatic carbocycles. The number of rotatable bonds is 5. The third-order valence-electron chi connectivity index (χ3n) is 4.32. The van der Waals surface area contributed by atoms with Crippen molar-refractivity contribution >= 4 is 46.0 Å². The highest BCUT2D eigenvalue weighted by Gasteiger charge is 2.34. The molecule has 0 spiro atoms. The van der Waals surface area contributed by atoms with Crippen molar-refractivity contribution in [1.29, 1.82) is 0 Å². The van der Waals surface area contributed by atoms with Gasteiger partial charge >= 0.3 is 6.18 Å². The first-order valence-corrected chi connectivity index (χ1v) is 10.4. The Morgan fingerprint density at radius 2 is 1.94 bits per heavy atom. The Hall–Kier alpha value is -3.31. The number of thioether (sulfide) groups is 1. The molecule has 164 valence electrons. The summed E-state index contributed by atoms with van der Waals surface area (Å²) in [6, 6.07) is 12.1. The van der Waals surface area contributed by atoms with Crippen molar-refractivity contribution in [2.45, 2.75) is 11.3 Å². The van der Waals surface area contributed by atoms with E-state index in [1.807, 2.05) is 18.2 Å². The summed E-state index contributed by atoms with van der Waals surface area (Å²) in [5, 5.41) is 6.70. The van der Waals surface area contributed by atoms with Gasteiger partial charge in [0, 0.05) is 5.02 Å². The summed E-state index contributed by atoms with van der Waals surface area (Å²) in [7, 11) is 0. The van der Waals surface area contributed by atoms with Crippen molar-refractivity contribution < 1.29 is 18.0 Å². The van der Waals surface area contributed by atoms with E-state index in [0.29, 0.717) is 11.3 Å². The fourth-order valence-corrected chi connectivity index (χ4v) is 3.73.